The maximum absolute atomic E-state index is 11.4. The number of nitrogens with zero attached hydrogens (tertiary/aromatic N) is 1. The van der Waals surface area contributed by atoms with Gasteiger partial charge in [-0.25, -0.2) is 15.1 Å². The third-order valence-corrected chi connectivity index (χ3v) is 1.88. The van der Waals surface area contributed by atoms with Gasteiger partial charge in [-0.1, -0.05) is 0 Å². The van der Waals surface area contributed by atoms with E-state index in [9.17, 15) is 14.4 Å². The second kappa shape index (κ2) is 8.34. The SMILES string of the molecule is CCN(CC)C(=O)CNC(=O)NOCC(=O)O. The third kappa shape index (κ3) is 7.12. The van der Waals surface area contributed by atoms with Crippen molar-refractivity contribution in [3.8, 4) is 0 Å². The fourth-order valence-electron chi connectivity index (χ4n) is 1.04. The molecule has 0 spiro atoms. The first kappa shape index (κ1) is 15.2. The quantitative estimate of drug-likeness (QED) is 0.509. The zero-order valence-corrected chi connectivity index (χ0v) is 9.86. The van der Waals surface area contributed by atoms with Gasteiger partial charge in [-0.05, 0) is 13.8 Å². The summed E-state index contributed by atoms with van der Waals surface area (Å²) in [6, 6.07) is -0.758. The first-order valence-electron chi connectivity index (χ1n) is 5.16. The summed E-state index contributed by atoms with van der Waals surface area (Å²) in [6.45, 7) is 3.98. The Hall–Kier alpha value is -1.83. The van der Waals surface area contributed by atoms with Gasteiger partial charge in [0, 0.05) is 13.1 Å². The van der Waals surface area contributed by atoms with Crippen LogP contribution in [0.5, 0.6) is 0 Å². The van der Waals surface area contributed by atoms with Gasteiger partial charge >= 0.3 is 12.0 Å². The molecule has 3 N–H and O–H groups in total. The van der Waals surface area contributed by atoms with Gasteiger partial charge in [-0.3, -0.25) is 9.63 Å². The van der Waals surface area contributed by atoms with Gasteiger partial charge in [0.25, 0.3) is 0 Å². The predicted molar refractivity (Wildman–Crippen MR) is 58.1 cm³/mol. The molecule has 0 heterocycles. The average molecular weight is 247 g/mol. The van der Waals surface area contributed by atoms with E-state index in [-0.39, 0.29) is 12.5 Å². The molecule has 0 aromatic rings. The van der Waals surface area contributed by atoms with E-state index >= 15 is 0 Å². The van der Waals surface area contributed by atoms with Gasteiger partial charge in [0.15, 0.2) is 6.61 Å². The minimum atomic E-state index is -1.20. The van der Waals surface area contributed by atoms with Crippen LogP contribution in [-0.4, -0.2) is 54.2 Å². The third-order valence-electron chi connectivity index (χ3n) is 1.88. The average Bonchev–Trinajstić information content (AvgIpc) is 2.27. The topological polar surface area (TPSA) is 108 Å². The second-order valence-electron chi connectivity index (χ2n) is 3.03. The molecular weight excluding hydrogens is 230 g/mol. The van der Waals surface area contributed by atoms with Gasteiger partial charge < -0.3 is 15.3 Å². The zero-order chi connectivity index (χ0) is 13.3. The number of carboxylic acids is 1. The molecule has 98 valence electrons. The van der Waals surface area contributed by atoms with Crippen LogP contribution in [-0.2, 0) is 14.4 Å². The standard InChI is InChI=1S/C9H17N3O5/c1-3-12(4-2)7(13)5-10-9(16)11-17-6-8(14)15/h3-6H2,1-2H3,(H,14,15)(H2,10,11,16). The molecule has 17 heavy (non-hydrogen) atoms. The van der Waals surface area contributed by atoms with Gasteiger partial charge in [0.05, 0.1) is 6.54 Å². The number of rotatable bonds is 7. The highest BCUT2D eigenvalue weighted by molar-refractivity contribution is 5.83. The molecule has 3 amide bonds. The molecule has 0 bridgehead atoms. The molecular formula is C9H17N3O5. The summed E-state index contributed by atoms with van der Waals surface area (Å²) in [5, 5.41) is 10.5. The second-order valence-corrected chi connectivity index (χ2v) is 3.03. The maximum Gasteiger partial charge on any atom is 0.339 e. The summed E-state index contributed by atoms with van der Waals surface area (Å²) < 4.78 is 0. The molecule has 0 saturated carbocycles. The van der Waals surface area contributed by atoms with Crippen molar-refractivity contribution in [2.75, 3.05) is 26.2 Å². The van der Waals surface area contributed by atoms with Crippen LogP contribution >= 0.6 is 0 Å². The van der Waals surface area contributed by atoms with Crippen LogP contribution < -0.4 is 10.8 Å². The number of amides is 3. The molecule has 0 rings (SSSR count). The minimum absolute atomic E-state index is 0.163. The monoisotopic (exact) mass is 247 g/mol. The minimum Gasteiger partial charge on any atom is -0.479 e. The molecule has 0 atom stereocenters. The summed E-state index contributed by atoms with van der Waals surface area (Å²) in [5.41, 5.74) is 1.84. The van der Waals surface area contributed by atoms with Crippen molar-refractivity contribution < 1.29 is 24.3 Å². The smallest absolute Gasteiger partial charge is 0.339 e. The van der Waals surface area contributed by atoms with Crippen molar-refractivity contribution in [1.82, 2.24) is 15.7 Å². The number of carboxylic acid groups (broad SMARTS) is 1. The van der Waals surface area contributed by atoms with Crippen LogP contribution in [0.2, 0.25) is 0 Å². The van der Waals surface area contributed by atoms with Gasteiger partial charge in [0.1, 0.15) is 0 Å². The Morgan fingerprint density at radius 3 is 2.29 bits per heavy atom. The van der Waals surface area contributed by atoms with Gasteiger partial charge in [0.2, 0.25) is 5.91 Å². The molecule has 0 aromatic carbocycles. The highest BCUT2D eigenvalue weighted by atomic mass is 16.7. The van der Waals surface area contributed by atoms with Crippen molar-refractivity contribution in [2.45, 2.75) is 13.8 Å². The van der Waals surface area contributed by atoms with Crippen molar-refractivity contribution in [3.63, 3.8) is 0 Å². The highest BCUT2D eigenvalue weighted by Crippen LogP contribution is 1.87. The lowest BCUT2D eigenvalue weighted by molar-refractivity contribution is -0.144. The Bertz CT molecular complexity index is 278. The predicted octanol–water partition coefficient (Wildman–Crippen LogP) is -0.830. The van der Waals surface area contributed by atoms with E-state index in [1.165, 1.54) is 0 Å². The number of nitrogens with one attached hydrogen (secondary N) is 2. The number of hydrogen-bond acceptors (Lipinski definition) is 4. The molecule has 0 aliphatic heterocycles. The van der Waals surface area contributed by atoms with Crippen LogP contribution in [0.3, 0.4) is 0 Å². The molecule has 8 heteroatoms. The Morgan fingerprint density at radius 1 is 1.24 bits per heavy atom. The molecule has 0 aliphatic rings. The van der Waals surface area contributed by atoms with Gasteiger partial charge in [-0.15, -0.1) is 0 Å². The first-order chi connectivity index (χ1) is 8.01. The van der Waals surface area contributed by atoms with Crippen molar-refractivity contribution >= 4 is 17.9 Å². The zero-order valence-electron chi connectivity index (χ0n) is 9.86. The summed E-state index contributed by atoms with van der Waals surface area (Å²) >= 11 is 0. The van der Waals surface area contributed by atoms with E-state index in [2.05, 4.69) is 10.2 Å². The fraction of sp³-hybridized carbons (Fsp3) is 0.667. The lowest BCUT2D eigenvalue weighted by atomic mass is 10.4. The van der Waals surface area contributed by atoms with Gasteiger partial charge in [-0.2, -0.15) is 0 Å². The normalized spacial score (nSPS) is 9.53. The molecule has 0 fully saturated rings. The summed E-state index contributed by atoms with van der Waals surface area (Å²) in [5.74, 6) is -1.42. The summed E-state index contributed by atoms with van der Waals surface area (Å²) in [7, 11) is 0. The lowest BCUT2D eigenvalue weighted by Gasteiger charge is -2.18. The number of aliphatic carboxylic acids is 1. The molecule has 0 aliphatic carbocycles. The van der Waals surface area contributed by atoms with Crippen molar-refractivity contribution in [1.29, 1.82) is 0 Å². The molecule has 0 unspecified atom stereocenters. The Kier molecular flexibility index (Phi) is 7.44. The van der Waals surface area contributed by atoms with E-state index in [1.54, 1.807) is 4.90 Å². The van der Waals surface area contributed by atoms with E-state index in [1.807, 2.05) is 19.3 Å². The number of carbonyl (C=O) groups is 3. The van der Waals surface area contributed by atoms with E-state index in [4.69, 9.17) is 5.11 Å². The van der Waals surface area contributed by atoms with Crippen molar-refractivity contribution in [2.24, 2.45) is 0 Å². The molecule has 0 radical (unpaired) electrons. The summed E-state index contributed by atoms with van der Waals surface area (Å²) in [6.07, 6.45) is 0. The Morgan fingerprint density at radius 2 is 1.82 bits per heavy atom. The number of hydrogen-bond donors (Lipinski definition) is 3. The van der Waals surface area contributed by atoms with E-state index in [0.29, 0.717) is 13.1 Å². The number of carbonyl (C=O) groups excluding carboxylic acids is 2. The number of urea groups is 1. The molecule has 0 saturated heterocycles. The summed E-state index contributed by atoms with van der Waals surface area (Å²) in [4.78, 5) is 38.4. The van der Waals surface area contributed by atoms with Crippen LogP contribution in [0, 0.1) is 0 Å². The van der Waals surface area contributed by atoms with Crippen LogP contribution in [0.1, 0.15) is 13.8 Å². The number of hydroxylamine groups is 1. The highest BCUT2D eigenvalue weighted by Gasteiger charge is 2.10. The molecule has 8 nitrogen and oxygen atoms in total. The maximum atomic E-state index is 11.4. The van der Waals surface area contributed by atoms with E-state index < -0.39 is 18.6 Å². The molecule has 0 aromatic heterocycles. The Labute approximate surface area is 98.9 Å². The van der Waals surface area contributed by atoms with Crippen LogP contribution in [0.25, 0.3) is 0 Å². The fourth-order valence-corrected chi connectivity index (χ4v) is 1.04. The first-order valence-corrected chi connectivity index (χ1v) is 5.16. The lowest BCUT2D eigenvalue weighted by Crippen LogP contribution is -2.44. The van der Waals surface area contributed by atoms with Crippen LogP contribution in [0.15, 0.2) is 0 Å². The van der Waals surface area contributed by atoms with Crippen LogP contribution in [0.4, 0.5) is 4.79 Å². The number of likely N-dealkylation sites (N-methyl/N-ethyl adjacent to an activating group) is 1. The van der Waals surface area contributed by atoms with Crippen molar-refractivity contribution in [3.05, 3.63) is 0 Å². The Balaban J connectivity index is 3.76. The largest absolute Gasteiger partial charge is 0.479 e. The van der Waals surface area contributed by atoms with E-state index in [0.717, 1.165) is 0 Å².